The van der Waals surface area contributed by atoms with Crippen LogP contribution in [0.5, 0.6) is 0 Å². The maximum atomic E-state index is 12.0. The molecule has 2 rings (SSSR count). The first kappa shape index (κ1) is 12.2. The number of hydrogen-bond acceptors (Lipinski definition) is 5. The molecular formula is C12H14N4O2. The zero-order valence-corrected chi connectivity index (χ0v) is 10.5. The van der Waals surface area contributed by atoms with Gasteiger partial charge in [-0.25, -0.2) is 0 Å². The van der Waals surface area contributed by atoms with Gasteiger partial charge in [0.25, 0.3) is 5.91 Å². The van der Waals surface area contributed by atoms with Crippen LogP contribution in [-0.2, 0) is 5.54 Å². The molecule has 0 aliphatic rings. The Morgan fingerprint density at radius 1 is 1.39 bits per heavy atom. The van der Waals surface area contributed by atoms with Crippen molar-refractivity contribution >= 4 is 5.91 Å². The number of carbonyl (C=O) groups is 1. The van der Waals surface area contributed by atoms with Gasteiger partial charge in [0.05, 0.1) is 5.54 Å². The van der Waals surface area contributed by atoms with E-state index in [1.54, 1.807) is 45.2 Å². The summed E-state index contributed by atoms with van der Waals surface area (Å²) in [5, 5.41) is 6.63. The van der Waals surface area contributed by atoms with Crippen LogP contribution in [0, 0.1) is 6.92 Å². The number of aromatic nitrogens is 3. The topological polar surface area (TPSA) is 80.9 Å². The molecule has 0 saturated carbocycles. The van der Waals surface area contributed by atoms with Crippen LogP contribution in [0.25, 0.3) is 0 Å². The smallest absolute Gasteiger partial charge is 0.270 e. The highest BCUT2D eigenvalue weighted by Gasteiger charge is 2.28. The van der Waals surface area contributed by atoms with E-state index in [1.807, 2.05) is 0 Å². The molecule has 0 radical (unpaired) electrons. The van der Waals surface area contributed by atoms with Crippen LogP contribution in [-0.4, -0.2) is 21.0 Å². The van der Waals surface area contributed by atoms with Gasteiger partial charge < -0.3 is 9.84 Å². The quantitative estimate of drug-likeness (QED) is 0.886. The van der Waals surface area contributed by atoms with Gasteiger partial charge in [0, 0.05) is 13.1 Å². The molecule has 0 fully saturated rings. The van der Waals surface area contributed by atoms with Crippen LogP contribution in [0.2, 0.25) is 0 Å². The molecule has 0 aliphatic carbocycles. The van der Waals surface area contributed by atoms with Crippen LogP contribution in [0.3, 0.4) is 0 Å². The van der Waals surface area contributed by atoms with E-state index in [0.717, 1.165) is 0 Å². The Morgan fingerprint density at radius 3 is 2.72 bits per heavy atom. The van der Waals surface area contributed by atoms with Gasteiger partial charge in [0.15, 0.2) is 5.82 Å². The molecule has 94 valence electrons. The van der Waals surface area contributed by atoms with E-state index >= 15 is 0 Å². The number of pyridine rings is 1. The maximum absolute atomic E-state index is 12.0. The molecule has 0 unspecified atom stereocenters. The minimum atomic E-state index is -0.716. The highest BCUT2D eigenvalue weighted by Crippen LogP contribution is 2.16. The summed E-state index contributed by atoms with van der Waals surface area (Å²) in [5.41, 5.74) is -0.363. The Bertz CT molecular complexity index is 548. The minimum Gasteiger partial charge on any atom is -0.340 e. The van der Waals surface area contributed by atoms with E-state index in [1.165, 1.54) is 0 Å². The van der Waals surface area contributed by atoms with Crippen LogP contribution in [0.1, 0.15) is 36.1 Å². The van der Waals surface area contributed by atoms with Crippen LogP contribution in [0.4, 0.5) is 0 Å². The minimum absolute atomic E-state index is 0.275. The number of hydrogen-bond donors (Lipinski definition) is 1. The second-order valence-corrected chi connectivity index (χ2v) is 4.43. The number of aryl methyl sites for hydroxylation is 1. The van der Waals surface area contributed by atoms with E-state index in [4.69, 9.17) is 4.52 Å². The third kappa shape index (κ3) is 2.53. The lowest BCUT2D eigenvalue weighted by molar-refractivity contribution is 0.0902. The van der Waals surface area contributed by atoms with Gasteiger partial charge >= 0.3 is 0 Å². The molecule has 1 N–H and O–H groups in total. The summed E-state index contributed by atoms with van der Waals surface area (Å²) in [7, 11) is 0. The van der Waals surface area contributed by atoms with Gasteiger partial charge in [-0.15, -0.1) is 0 Å². The van der Waals surface area contributed by atoms with Gasteiger partial charge in [0.1, 0.15) is 5.69 Å². The number of rotatable bonds is 3. The first-order valence-corrected chi connectivity index (χ1v) is 5.53. The van der Waals surface area contributed by atoms with Crippen molar-refractivity contribution < 1.29 is 9.32 Å². The van der Waals surface area contributed by atoms with Gasteiger partial charge in [-0.1, -0.05) is 11.2 Å². The Labute approximate surface area is 104 Å². The second-order valence-electron chi connectivity index (χ2n) is 4.43. The van der Waals surface area contributed by atoms with Crippen molar-refractivity contribution in [2.45, 2.75) is 26.3 Å². The number of amides is 1. The summed E-state index contributed by atoms with van der Waals surface area (Å²) < 4.78 is 4.91. The predicted molar refractivity (Wildman–Crippen MR) is 63.8 cm³/mol. The summed E-state index contributed by atoms with van der Waals surface area (Å²) in [6.07, 6.45) is 1.57. The number of nitrogens with one attached hydrogen (secondary N) is 1. The van der Waals surface area contributed by atoms with Gasteiger partial charge in [-0.05, 0) is 26.0 Å². The standard InChI is InChI=1S/C12H14N4O2/c1-8-14-11(16-18-8)12(2,3)15-10(17)9-6-4-5-7-13-9/h4-7H,1-3H3,(H,15,17). The molecule has 2 aromatic rings. The van der Waals surface area contributed by atoms with E-state index in [9.17, 15) is 4.79 Å². The average molecular weight is 246 g/mol. The summed E-state index contributed by atoms with van der Waals surface area (Å²) in [4.78, 5) is 20.1. The van der Waals surface area contributed by atoms with E-state index in [2.05, 4.69) is 20.4 Å². The zero-order valence-electron chi connectivity index (χ0n) is 10.5. The molecule has 18 heavy (non-hydrogen) atoms. The first-order chi connectivity index (χ1) is 8.49. The zero-order chi connectivity index (χ0) is 13.2. The summed E-state index contributed by atoms with van der Waals surface area (Å²) in [6, 6.07) is 5.16. The average Bonchev–Trinajstić information content (AvgIpc) is 2.77. The monoisotopic (exact) mass is 246 g/mol. The largest absolute Gasteiger partial charge is 0.340 e. The Hall–Kier alpha value is -2.24. The molecule has 2 aromatic heterocycles. The molecule has 1 amide bonds. The third-order valence-corrected chi connectivity index (χ3v) is 2.41. The van der Waals surface area contributed by atoms with Crippen molar-refractivity contribution in [3.8, 4) is 0 Å². The summed E-state index contributed by atoms with van der Waals surface area (Å²) in [6.45, 7) is 5.31. The maximum Gasteiger partial charge on any atom is 0.270 e. The normalized spacial score (nSPS) is 11.3. The Kier molecular flexibility index (Phi) is 3.10. The van der Waals surface area contributed by atoms with Crippen molar-refractivity contribution in [2.75, 3.05) is 0 Å². The fourth-order valence-electron chi connectivity index (χ4n) is 1.45. The van der Waals surface area contributed by atoms with Crippen LogP contribution >= 0.6 is 0 Å². The van der Waals surface area contributed by atoms with Gasteiger partial charge in [-0.2, -0.15) is 4.98 Å². The summed E-state index contributed by atoms with van der Waals surface area (Å²) in [5.74, 6) is 0.623. The lowest BCUT2D eigenvalue weighted by Gasteiger charge is -2.21. The highest BCUT2D eigenvalue weighted by atomic mass is 16.5. The Balaban J connectivity index is 2.16. The fraction of sp³-hybridized carbons (Fsp3) is 0.333. The van der Waals surface area contributed by atoms with Gasteiger partial charge in [0.2, 0.25) is 5.89 Å². The summed E-state index contributed by atoms with van der Waals surface area (Å²) >= 11 is 0. The molecule has 2 heterocycles. The lowest BCUT2D eigenvalue weighted by Crippen LogP contribution is -2.42. The van der Waals surface area contributed by atoms with Crippen molar-refractivity contribution in [3.05, 3.63) is 41.8 Å². The molecule has 0 bridgehead atoms. The number of carbonyl (C=O) groups excluding carboxylic acids is 1. The van der Waals surface area contributed by atoms with E-state index in [-0.39, 0.29) is 5.91 Å². The molecule has 0 spiro atoms. The van der Waals surface area contributed by atoms with Crippen molar-refractivity contribution in [3.63, 3.8) is 0 Å². The lowest BCUT2D eigenvalue weighted by atomic mass is 10.0. The predicted octanol–water partition coefficient (Wildman–Crippen LogP) is 1.44. The molecule has 0 atom stereocenters. The molecule has 0 aromatic carbocycles. The fourth-order valence-corrected chi connectivity index (χ4v) is 1.45. The second kappa shape index (κ2) is 4.56. The van der Waals surface area contributed by atoms with Gasteiger partial charge in [-0.3, -0.25) is 9.78 Å². The SMILES string of the molecule is Cc1nc(C(C)(C)NC(=O)c2ccccn2)no1. The number of nitrogens with zero attached hydrogens (tertiary/aromatic N) is 3. The highest BCUT2D eigenvalue weighted by molar-refractivity contribution is 5.92. The van der Waals surface area contributed by atoms with Crippen molar-refractivity contribution in [2.24, 2.45) is 0 Å². The molecule has 0 saturated heterocycles. The van der Waals surface area contributed by atoms with Crippen LogP contribution < -0.4 is 5.32 Å². The first-order valence-electron chi connectivity index (χ1n) is 5.53. The van der Waals surface area contributed by atoms with E-state index < -0.39 is 5.54 Å². The van der Waals surface area contributed by atoms with Crippen molar-refractivity contribution in [1.29, 1.82) is 0 Å². The van der Waals surface area contributed by atoms with Crippen molar-refractivity contribution in [1.82, 2.24) is 20.4 Å². The molecule has 0 aliphatic heterocycles. The third-order valence-electron chi connectivity index (χ3n) is 2.41. The van der Waals surface area contributed by atoms with E-state index in [0.29, 0.717) is 17.4 Å². The molecule has 6 heteroatoms. The molecule has 6 nitrogen and oxygen atoms in total. The van der Waals surface area contributed by atoms with Crippen LogP contribution in [0.15, 0.2) is 28.9 Å². The Morgan fingerprint density at radius 2 is 2.17 bits per heavy atom. The molecular weight excluding hydrogens is 232 g/mol.